The maximum atomic E-state index is 12.4. The van der Waals surface area contributed by atoms with Gasteiger partial charge < -0.3 is 10.2 Å². The molecule has 0 atom stereocenters. The molecule has 156 valence electrons. The van der Waals surface area contributed by atoms with E-state index < -0.39 is 0 Å². The van der Waals surface area contributed by atoms with E-state index in [4.69, 9.17) is 28.2 Å². The molecule has 0 aliphatic carbocycles. The third-order valence-electron chi connectivity index (χ3n) is 5.10. The van der Waals surface area contributed by atoms with Crippen molar-refractivity contribution in [2.45, 2.75) is 6.92 Å². The molecule has 0 unspecified atom stereocenters. The van der Waals surface area contributed by atoms with E-state index in [0.717, 1.165) is 58.8 Å². The maximum Gasteiger partial charge on any atom is 0.238 e. The van der Waals surface area contributed by atoms with Crippen molar-refractivity contribution in [3.63, 3.8) is 0 Å². The third kappa shape index (κ3) is 5.13. The lowest BCUT2D eigenvalue weighted by molar-refractivity contribution is -0.117. The number of carbonyl (C=O) groups excluding carboxylic acids is 1. The first kappa shape index (κ1) is 21.1. The highest BCUT2D eigenvalue weighted by molar-refractivity contribution is 7.14. The van der Waals surface area contributed by atoms with Crippen molar-refractivity contribution in [1.82, 2.24) is 9.88 Å². The van der Waals surface area contributed by atoms with Gasteiger partial charge in [0, 0.05) is 52.9 Å². The first-order valence-corrected chi connectivity index (χ1v) is 11.4. The van der Waals surface area contributed by atoms with Gasteiger partial charge in [-0.1, -0.05) is 41.4 Å². The molecule has 4 rings (SSSR count). The van der Waals surface area contributed by atoms with Crippen molar-refractivity contribution in [2.75, 3.05) is 42.9 Å². The first-order valence-electron chi connectivity index (χ1n) is 9.73. The highest BCUT2D eigenvalue weighted by Crippen LogP contribution is 2.29. The minimum atomic E-state index is -0.0253. The quantitative estimate of drug-likeness (QED) is 0.569. The molecule has 0 bridgehead atoms. The maximum absolute atomic E-state index is 12.4. The molecule has 0 spiro atoms. The predicted octanol–water partition coefficient (Wildman–Crippen LogP) is 5.19. The molecule has 1 aromatic heterocycles. The minimum Gasteiger partial charge on any atom is -0.346 e. The normalized spacial score (nSPS) is 14.7. The fourth-order valence-corrected chi connectivity index (χ4v) is 4.53. The number of hydrogen-bond donors (Lipinski definition) is 1. The standard InChI is InChI=1S/C22H22Cl2N4OS/c1-15-2-7-18(12-19(15)24)25-21(29)13-27-8-10-28(11-9-27)22-26-20(14-30-22)16-3-5-17(23)6-4-16/h2-7,12,14H,8-11,13H2,1H3,(H,25,29). The van der Waals surface area contributed by atoms with Gasteiger partial charge in [0.25, 0.3) is 0 Å². The molecule has 8 heteroatoms. The number of anilines is 2. The van der Waals surface area contributed by atoms with Crippen LogP contribution in [0.4, 0.5) is 10.8 Å². The molecule has 1 saturated heterocycles. The number of piperazine rings is 1. The van der Waals surface area contributed by atoms with E-state index in [1.165, 1.54) is 0 Å². The second-order valence-electron chi connectivity index (χ2n) is 7.30. The molecule has 1 fully saturated rings. The zero-order valence-corrected chi connectivity index (χ0v) is 18.9. The SMILES string of the molecule is Cc1ccc(NC(=O)CN2CCN(c3nc(-c4ccc(Cl)cc4)cs3)CC2)cc1Cl. The summed E-state index contributed by atoms with van der Waals surface area (Å²) >= 11 is 13.7. The highest BCUT2D eigenvalue weighted by atomic mass is 35.5. The van der Waals surface area contributed by atoms with E-state index in [0.29, 0.717) is 11.6 Å². The fraction of sp³-hybridized carbons (Fsp3) is 0.273. The number of nitrogens with zero attached hydrogens (tertiary/aromatic N) is 3. The number of aromatic nitrogens is 1. The smallest absolute Gasteiger partial charge is 0.238 e. The first-order chi connectivity index (χ1) is 14.5. The van der Waals surface area contributed by atoms with E-state index in [1.54, 1.807) is 17.4 Å². The Hall–Kier alpha value is -2.12. The lowest BCUT2D eigenvalue weighted by atomic mass is 10.2. The number of aryl methyl sites for hydroxylation is 1. The van der Waals surface area contributed by atoms with Gasteiger partial charge in [0.15, 0.2) is 5.13 Å². The predicted molar refractivity (Wildman–Crippen MR) is 126 cm³/mol. The number of benzene rings is 2. The summed E-state index contributed by atoms with van der Waals surface area (Å²) in [6.45, 7) is 5.63. The molecule has 30 heavy (non-hydrogen) atoms. The van der Waals surface area contributed by atoms with E-state index in [1.807, 2.05) is 43.3 Å². The third-order valence-corrected chi connectivity index (χ3v) is 6.66. The Balaban J connectivity index is 1.29. The number of halogens is 2. The number of amides is 1. The number of thiazole rings is 1. The van der Waals surface area contributed by atoms with Crippen LogP contribution in [0.3, 0.4) is 0 Å². The lowest BCUT2D eigenvalue weighted by Crippen LogP contribution is -2.48. The second-order valence-corrected chi connectivity index (χ2v) is 8.98. The van der Waals surface area contributed by atoms with Crippen LogP contribution in [-0.2, 0) is 4.79 Å². The molecule has 0 saturated carbocycles. The van der Waals surface area contributed by atoms with Gasteiger partial charge in [-0.3, -0.25) is 9.69 Å². The summed E-state index contributed by atoms with van der Waals surface area (Å²) in [7, 11) is 0. The highest BCUT2D eigenvalue weighted by Gasteiger charge is 2.21. The molecule has 1 N–H and O–H groups in total. The molecule has 5 nitrogen and oxygen atoms in total. The average Bonchev–Trinajstić information content (AvgIpc) is 3.22. The summed E-state index contributed by atoms with van der Waals surface area (Å²) in [4.78, 5) is 21.6. The van der Waals surface area contributed by atoms with Crippen LogP contribution < -0.4 is 10.2 Å². The summed E-state index contributed by atoms with van der Waals surface area (Å²) < 4.78 is 0. The molecular weight excluding hydrogens is 439 g/mol. The van der Waals surface area contributed by atoms with Crippen molar-refractivity contribution in [2.24, 2.45) is 0 Å². The molecule has 1 amide bonds. The molecular formula is C22H22Cl2N4OS. The van der Waals surface area contributed by atoms with Gasteiger partial charge in [0.1, 0.15) is 0 Å². The molecule has 2 aromatic carbocycles. The Morgan fingerprint density at radius 2 is 1.83 bits per heavy atom. The van der Waals surface area contributed by atoms with E-state index >= 15 is 0 Å². The van der Waals surface area contributed by atoms with Crippen LogP contribution in [0.25, 0.3) is 11.3 Å². The Labute approximate surface area is 190 Å². The summed E-state index contributed by atoms with van der Waals surface area (Å²) in [5.74, 6) is -0.0253. The zero-order valence-electron chi connectivity index (χ0n) is 16.6. The van der Waals surface area contributed by atoms with E-state index in [2.05, 4.69) is 20.5 Å². The number of rotatable bonds is 5. The minimum absolute atomic E-state index is 0.0253. The van der Waals surface area contributed by atoms with Crippen LogP contribution in [0.15, 0.2) is 47.8 Å². The lowest BCUT2D eigenvalue weighted by Gasteiger charge is -2.34. The zero-order chi connectivity index (χ0) is 21.1. The Morgan fingerprint density at radius 1 is 1.10 bits per heavy atom. The second kappa shape index (κ2) is 9.35. The summed E-state index contributed by atoms with van der Waals surface area (Å²) in [5.41, 5.74) is 3.75. The van der Waals surface area contributed by atoms with Crippen molar-refractivity contribution in [3.05, 3.63) is 63.5 Å². The Kier molecular flexibility index (Phi) is 6.58. The molecule has 2 heterocycles. The van der Waals surface area contributed by atoms with Crippen molar-refractivity contribution >= 4 is 51.3 Å². The van der Waals surface area contributed by atoms with Crippen LogP contribution >= 0.6 is 34.5 Å². The van der Waals surface area contributed by atoms with Gasteiger partial charge in [-0.25, -0.2) is 4.98 Å². The van der Waals surface area contributed by atoms with E-state index in [-0.39, 0.29) is 5.91 Å². The van der Waals surface area contributed by atoms with Gasteiger partial charge >= 0.3 is 0 Å². The van der Waals surface area contributed by atoms with Gasteiger partial charge in [0.05, 0.1) is 12.2 Å². The van der Waals surface area contributed by atoms with Crippen LogP contribution in [0.5, 0.6) is 0 Å². The van der Waals surface area contributed by atoms with Gasteiger partial charge in [-0.2, -0.15) is 0 Å². The van der Waals surface area contributed by atoms with E-state index in [9.17, 15) is 4.79 Å². The van der Waals surface area contributed by atoms with Crippen molar-refractivity contribution in [1.29, 1.82) is 0 Å². The summed E-state index contributed by atoms with van der Waals surface area (Å²) in [6, 6.07) is 13.3. The van der Waals surface area contributed by atoms with Crippen LogP contribution in [0.2, 0.25) is 10.0 Å². The number of carbonyl (C=O) groups is 1. The Bertz CT molecular complexity index is 1030. The largest absolute Gasteiger partial charge is 0.346 e. The monoisotopic (exact) mass is 460 g/mol. The Morgan fingerprint density at radius 3 is 2.53 bits per heavy atom. The molecule has 3 aromatic rings. The number of hydrogen-bond acceptors (Lipinski definition) is 5. The molecule has 1 aliphatic heterocycles. The number of nitrogens with one attached hydrogen (secondary N) is 1. The summed E-state index contributed by atoms with van der Waals surface area (Å²) in [6.07, 6.45) is 0. The van der Waals surface area contributed by atoms with Gasteiger partial charge in [-0.15, -0.1) is 11.3 Å². The molecule has 1 aliphatic rings. The van der Waals surface area contributed by atoms with Gasteiger partial charge in [-0.05, 0) is 36.8 Å². The molecule has 0 radical (unpaired) electrons. The van der Waals surface area contributed by atoms with Gasteiger partial charge in [0.2, 0.25) is 5.91 Å². The van der Waals surface area contributed by atoms with Crippen LogP contribution in [-0.4, -0.2) is 48.5 Å². The fourth-order valence-electron chi connectivity index (χ4n) is 3.33. The summed E-state index contributed by atoms with van der Waals surface area (Å²) in [5, 5.41) is 7.39. The van der Waals surface area contributed by atoms with Crippen molar-refractivity contribution in [3.8, 4) is 11.3 Å². The average molecular weight is 461 g/mol. The van der Waals surface area contributed by atoms with Crippen molar-refractivity contribution < 1.29 is 4.79 Å². The topological polar surface area (TPSA) is 48.5 Å². The van der Waals surface area contributed by atoms with Crippen LogP contribution in [0.1, 0.15) is 5.56 Å². The van der Waals surface area contributed by atoms with Crippen LogP contribution in [0, 0.1) is 6.92 Å².